The molecule has 0 saturated heterocycles. The molecule has 0 heterocycles. The second kappa shape index (κ2) is 63.6. The van der Waals surface area contributed by atoms with Gasteiger partial charge in [0.15, 0.2) is 6.10 Å². The maximum Gasteiger partial charge on any atom is 0.306 e. The van der Waals surface area contributed by atoms with Crippen LogP contribution in [-0.2, 0) is 28.6 Å². The average molecular weight is 1050 g/mol. The van der Waals surface area contributed by atoms with E-state index in [4.69, 9.17) is 14.2 Å². The van der Waals surface area contributed by atoms with E-state index in [1.54, 1.807) is 0 Å². The molecule has 75 heavy (non-hydrogen) atoms. The highest BCUT2D eigenvalue weighted by Crippen LogP contribution is 2.17. The molecule has 0 fully saturated rings. The summed E-state index contributed by atoms with van der Waals surface area (Å²) in [4.78, 5) is 38.0. The molecule has 0 amide bonds. The van der Waals surface area contributed by atoms with Crippen molar-refractivity contribution in [2.24, 2.45) is 0 Å². The van der Waals surface area contributed by atoms with E-state index in [1.165, 1.54) is 205 Å². The third kappa shape index (κ3) is 61.8. The number of hydrogen-bond donors (Lipinski definition) is 0. The lowest BCUT2D eigenvalue weighted by Gasteiger charge is -2.18. The van der Waals surface area contributed by atoms with Gasteiger partial charge in [-0.2, -0.15) is 0 Å². The summed E-state index contributed by atoms with van der Waals surface area (Å²) in [5.74, 6) is -0.897. The summed E-state index contributed by atoms with van der Waals surface area (Å²) in [6.07, 6.45) is 81.4. The van der Waals surface area contributed by atoms with Crippen LogP contribution in [0.5, 0.6) is 0 Å². The van der Waals surface area contributed by atoms with Crippen LogP contribution in [-0.4, -0.2) is 37.2 Å². The Balaban J connectivity index is 3.99. The minimum atomic E-state index is -0.783. The van der Waals surface area contributed by atoms with Crippen molar-refractivity contribution >= 4 is 17.9 Å². The largest absolute Gasteiger partial charge is 0.462 e. The normalized spacial score (nSPS) is 12.4. The molecule has 0 aliphatic rings. The van der Waals surface area contributed by atoms with Gasteiger partial charge in [0.1, 0.15) is 13.2 Å². The van der Waals surface area contributed by atoms with Crippen molar-refractivity contribution < 1.29 is 28.6 Å². The van der Waals surface area contributed by atoms with Crippen molar-refractivity contribution in [2.45, 2.75) is 348 Å². The molecule has 0 aliphatic heterocycles. The van der Waals surface area contributed by atoms with Crippen molar-refractivity contribution in [3.63, 3.8) is 0 Å². The molecule has 1 atom stereocenters. The fourth-order valence-electron chi connectivity index (χ4n) is 9.61. The molecule has 0 spiro atoms. The molecule has 0 bridgehead atoms. The van der Waals surface area contributed by atoms with Gasteiger partial charge in [-0.3, -0.25) is 14.4 Å². The van der Waals surface area contributed by atoms with Crippen LogP contribution in [0.4, 0.5) is 0 Å². The summed E-state index contributed by atoms with van der Waals surface area (Å²) in [5, 5.41) is 0. The molecule has 6 nitrogen and oxygen atoms in total. The zero-order valence-corrected chi connectivity index (χ0v) is 50.1. The van der Waals surface area contributed by atoms with E-state index in [9.17, 15) is 14.4 Å². The fourth-order valence-corrected chi connectivity index (χ4v) is 9.61. The van der Waals surface area contributed by atoms with Crippen molar-refractivity contribution in [3.8, 4) is 0 Å². The van der Waals surface area contributed by atoms with Gasteiger partial charge in [0.2, 0.25) is 0 Å². The van der Waals surface area contributed by atoms with Crippen molar-refractivity contribution in [1.82, 2.24) is 0 Å². The number of carbonyl (C=O) groups is 3. The van der Waals surface area contributed by atoms with Gasteiger partial charge in [0, 0.05) is 19.3 Å². The Bertz CT molecular complexity index is 1340. The molecule has 0 rings (SSSR count). The molecule has 0 aromatic heterocycles. The summed E-state index contributed by atoms with van der Waals surface area (Å²) >= 11 is 0. The average Bonchev–Trinajstić information content (AvgIpc) is 3.41. The van der Waals surface area contributed by atoms with E-state index in [0.717, 1.165) is 96.3 Å². The molecule has 0 aromatic rings. The van der Waals surface area contributed by atoms with Gasteiger partial charge in [-0.1, -0.05) is 300 Å². The lowest BCUT2D eigenvalue weighted by Crippen LogP contribution is -2.30. The van der Waals surface area contributed by atoms with Crippen LogP contribution in [0.3, 0.4) is 0 Å². The topological polar surface area (TPSA) is 78.9 Å². The number of carbonyl (C=O) groups excluding carboxylic acids is 3. The zero-order chi connectivity index (χ0) is 54.3. The van der Waals surface area contributed by atoms with E-state index < -0.39 is 6.10 Å². The van der Waals surface area contributed by atoms with Crippen LogP contribution in [0.25, 0.3) is 0 Å². The highest BCUT2D eigenvalue weighted by Gasteiger charge is 2.19. The SMILES string of the molecule is CC/C=C\C/C=C\C/C=C\C/C=C\CCCCCCC(=O)OC(COC(=O)CCCCCCCCC)COC(=O)CCCCCCCCCCCCCCCCCCCCCCC/C=C\CCCCCCCCCC. The summed E-state index contributed by atoms with van der Waals surface area (Å²) in [6.45, 7) is 6.50. The number of ether oxygens (including phenoxy) is 3. The van der Waals surface area contributed by atoms with E-state index >= 15 is 0 Å². The van der Waals surface area contributed by atoms with Crippen LogP contribution in [0.15, 0.2) is 60.8 Å². The highest BCUT2D eigenvalue weighted by atomic mass is 16.6. The minimum absolute atomic E-state index is 0.0809. The van der Waals surface area contributed by atoms with Gasteiger partial charge in [0.25, 0.3) is 0 Å². The van der Waals surface area contributed by atoms with Crippen LogP contribution in [0.1, 0.15) is 342 Å². The molecule has 0 aromatic carbocycles. The zero-order valence-electron chi connectivity index (χ0n) is 50.1. The number of unbranched alkanes of at least 4 members (excludes halogenated alkanes) is 39. The lowest BCUT2D eigenvalue weighted by atomic mass is 10.0. The Kier molecular flexibility index (Phi) is 61.2. The van der Waals surface area contributed by atoms with E-state index in [1.807, 2.05) is 0 Å². The first-order valence-corrected chi connectivity index (χ1v) is 32.8. The van der Waals surface area contributed by atoms with Gasteiger partial charge in [0.05, 0.1) is 0 Å². The Morgan fingerprint density at radius 3 is 0.827 bits per heavy atom. The second-order valence-corrected chi connectivity index (χ2v) is 22.0. The van der Waals surface area contributed by atoms with Crippen LogP contribution in [0, 0.1) is 0 Å². The lowest BCUT2D eigenvalue weighted by molar-refractivity contribution is -0.167. The molecule has 436 valence electrons. The first-order chi connectivity index (χ1) is 37.0. The van der Waals surface area contributed by atoms with Gasteiger partial charge in [-0.25, -0.2) is 0 Å². The van der Waals surface area contributed by atoms with Crippen LogP contribution in [0.2, 0.25) is 0 Å². The molecular weight excluding hydrogens is 925 g/mol. The molecular formula is C69H124O6. The molecule has 1 unspecified atom stereocenters. The third-order valence-electron chi connectivity index (χ3n) is 14.5. The first-order valence-electron chi connectivity index (χ1n) is 32.8. The van der Waals surface area contributed by atoms with E-state index in [2.05, 4.69) is 81.5 Å². The van der Waals surface area contributed by atoms with Gasteiger partial charge in [-0.15, -0.1) is 0 Å². The quantitative estimate of drug-likeness (QED) is 0.0261. The van der Waals surface area contributed by atoms with Gasteiger partial charge >= 0.3 is 17.9 Å². The van der Waals surface area contributed by atoms with E-state index in [-0.39, 0.29) is 31.1 Å². The number of esters is 3. The molecule has 0 N–H and O–H groups in total. The summed E-state index contributed by atoms with van der Waals surface area (Å²) in [6, 6.07) is 0. The predicted octanol–water partition coefficient (Wildman–Crippen LogP) is 22.3. The monoisotopic (exact) mass is 1050 g/mol. The Labute approximate surface area is 466 Å². The molecule has 6 heteroatoms. The van der Waals surface area contributed by atoms with Crippen molar-refractivity contribution in [3.05, 3.63) is 60.8 Å². The maximum absolute atomic E-state index is 12.8. The molecule has 0 aliphatic carbocycles. The number of rotatable bonds is 60. The van der Waals surface area contributed by atoms with Gasteiger partial charge < -0.3 is 14.2 Å². The number of allylic oxidation sites excluding steroid dienone is 10. The fraction of sp³-hybridized carbons (Fsp3) is 0.812. The smallest absolute Gasteiger partial charge is 0.306 e. The van der Waals surface area contributed by atoms with E-state index in [0.29, 0.717) is 19.3 Å². The Morgan fingerprint density at radius 1 is 0.280 bits per heavy atom. The number of hydrogen-bond acceptors (Lipinski definition) is 6. The third-order valence-corrected chi connectivity index (χ3v) is 14.5. The molecule has 0 radical (unpaired) electrons. The molecule has 0 saturated carbocycles. The predicted molar refractivity (Wildman–Crippen MR) is 325 cm³/mol. The van der Waals surface area contributed by atoms with Gasteiger partial charge in [-0.05, 0) is 83.5 Å². The van der Waals surface area contributed by atoms with Crippen LogP contribution >= 0.6 is 0 Å². The minimum Gasteiger partial charge on any atom is -0.462 e. The van der Waals surface area contributed by atoms with Crippen LogP contribution < -0.4 is 0 Å². The highest BCUT2D eigenvalue weighted by molar-refractivity contribution is 5.71. The van der Waals surface area contributed by atoms with Crippen molar-refractivity contribution in [2.75, 3.05) is 13.2 Å². The summed E-state index contributed by atoms with van der Waals surface area (Å²) in [7, 11) is 0. The summed E-state index contributed by atoms with van der Waals surface area (Å²) in [5.41, 5.74) is 0. The summed E-state index contributed by atoms with van der Waals surface area (Å²) < 4.78 is 16.8. The maximum atomic E-state index is 12.8. The Hall–Kier alpha value is -2.89. The Morgan fingerprint density at radius 2 is 0.520 bits per heavy atom. The second-order valence-electron chi connectivity index (χ2n) is 22.0. The first kappa shape index (κ1) is 72.1. The standard InChI is InChI=1S/C69H124O6/c1-4-7-10-13-16-18-20-22-24-26-27-28-29-30-31-32-33-34-35-36-37-38-39-40-41-43-44-46-48-50-53-56-59-62-68(71)74-65-66(64-73-67(70)61-58-55-52-15-12-9-6-3)75-69(72)63-60-57-54-51-49-47-45-42-25-23-21-19-17-14-11-8-5-2/h8,11,17,19,23,25-27,45,47,66H,4-7,9-10,12-16,18,20-22,24,28-44,46,48-65H2,1-3H3/b11-8-,19-17-,25-23-,27-26-,47-45-. The van der Waals surface area contributed by atoms with Crippen molar-refractivity contribution in [1.29, 1.82) is 0 Å².